The molecule has 0 aliphatic carbocycles. The third kappa shape index (κ3) is 6.56. The number of amides is 1. The molecule has 0 saturated carbocycles. The average Bonchev–Trinajstić information content (AvgIpc) is 3.19. The topological polar surface area (TPSA) is 108 Å². The molecule has 0 spiro atoms. The van der Waals surface area contributed by atoms with Gasteiger partial charge in [-0.2, -0.15) is 5.10 Å². The van der Waals surface area contributed by atoms with Crippen LogP contribution in [0.15, 0.2) is 59.0 Å². The number of halogens is 1. The standard InChI is InChI=1S/C21H20ClN5O4S/c1-3-30-18-10-14(11-23-25-19(28)12-32-21-26-24-13-27(21)2)4-9-17(18)31-20(29)15-5-7-16(22)8-6-15/h4-11,13H,3,12H2,1-2H3,(H,25,28)/b23-11-. The highest BCUT2D eigenvalue weighted by molar-refractivity contribution is 7.99. The average molecular weight is 474 g/mol. The molecule has 166 valence electrons. The fraction of sp³-hybridized carbons (Fsp3) is 0.190. The lowest BCUT2D eigenvalue weighted by atomic mass is 10.2. The molecule has 32 heavy (non-hydrogen) atoms. The van der Waals surface area contributed by atoms with Gasteiger partial charge in [-0.05, 0) is 55.0 Å². The molecule has 0 aliphatic heterocycles. The van der Waals surface area contributed by atoms with Crippen molar-refractivity contribution in [1.29, 1.82) is 0 Å². The summed E-state index contributed by atoms with van der Waals surface area (Å²) >= 11 is 7.10. The first-order valence-corrected chi connectivity index (χ1v) is 10.9. The maximum Gasteiger partial charge on any atom is 0.343 e. The van der Waals surface area contributed by atoms with Crippen LogP contribution in [0, 0.1) is 0 Å². The Morgan fingerprint density at radius 2 is 2.00 bits per heavy atom. The van der Waals surface area contributed by atoms with Gasteiger partial charge in [-0.15, -0.1) is 10.2 Å². The molecule has 0 saturated heterocycles. The Labute approximate surface area is 193 Å². The molecule has 0 bridgehead atoms. The van der Waals surface area contributed by atoms with Gasteiger partial charge in [0.25, 0.3) is 5.91 Å². The number of ether oxygens (including phenoxy) is 2. The molecule has 2 aromatic carbocycles. The van der Waals surface area contributed by atoms with Crippen LogP contribution < -0.4 is 14.9 Å². The van der Waals surface area contributed by atoms with Crippen LogP contribution in [0.1, 0.15) is 22.8 Å². The quantitative estimate of drug-likeness (QED) is 0.167. The van der Waals surface area contributed by atoms with Crippen LogP contribution >= 0.6 is 23.4 Å². The number of hydrogen-bond acceptors (Lipinski definition) is 8. The largest absolute Gasteiger partial charge is 0.490 e. The number of benzene rings is 2. The van der Waals surface area contributed by atoms with E-state index in [1.54, 1.807) is 60.4 Å². The summed E-state index contributed by atoms with van der Waals surface area (Å²) in [7, 11) is 1.80. The summed E-state index contributed by atoms with van der Waals surface area (Å²) in [6.45, 7) is 2.20. The molecule has 0 atom stereocenters. The van der Waals surface area contributed by atoms with Crippen LogP contribution in [0.25, 0.3) is 0 Å². The third-order valence-electron chi connectivity index (χ3n) is 3.96. The second-order valence-electron chi connectivity index (χ2n) is 6.34. The zero-order chi connectivity index (χ0) is 22.9. The number of carbonyl (C=O) groups is 2. The van der Waals surface area contributed by atoms with Crippen molar-refractivity contribution in [2.75, 3.05) is 12.4 Å². The molecular formula is C21H20ClN5O4S. The number of nitrogens with zero attached hydrogens (tertiary/aromatic N) is 4. The first-order valence-electron chi connectivity index (χ1n) is 9.49. The number of thioether (sulfide) groups is 1. The van der Waals surface area contributed by atoms with E-state index in [2.05, 4.69) is 20.7 Å². The van der Waals surface area contributed by atoms with Gasteiger partial charge in [-0.25, -0.2) is 10.2 Å². The Kier molecular flexibility index (Phi) is 8.23. The zero-order valence-corrected chi connectivity index (χ0v) is 18.9. The van der Waals surface area contributed by atoms with Crippen LogP contribution in [-0.4, -0.2) is 45.2 Å². The minimum Gasteiger partial charge on any atom is -0.490 e. The Balaban J connectivity index is 1.60. The normalized spacial score (nSPS) is 10.8. The molecule has 11 heteroatoms. The van der Waals surface area contributed by atoms with Crippen molar-refractivity contribution in [2.45, 2.75) is 12.1 Å². The highest BCUT2D eigenvalue weighted by atomic mass is 35.5. The molecule has 1 N–H and O–H groups in total. The predicted molar refractivity (Wildman–Crippen MR) is 121 cm³/mol. The number of aromatic nitrogens is 3. The van der Waals surface area contributed by atoms with Gasteiger partial charge in [-0.1, -0.05) is 23.4 Å². The van der Waals surface area contributed by atoms with Crippen molar-refractivity contribution in [3.8, 4) is 11.5 Å². The Hall–Kier alpha value is -3.37. The van der Waals surface area contributed by atoms with E-state index in [9.17, 15) is 9.59 Å². The summed E-state index contributed by atoms with van der Waals surface area (Å²) in [5.41, 5.74) is 3.47. The van der Waals surface area contributed by atoms with Crippen LogP contribution in [0.3, 0.4) is 0 Å². The summed E-state index contributed by atoms with van der Waals surface area (Å²) in [6, 6.07) is 11.3. The molecule has 3 rings (SSSR count). The number of rotatable bonds is 9. The Bertz CT molecular complexity index is 1120. The van der Waals surface area contributed by atoms with E-state index in [0.717, 1.165) is 0 Å². The first-order chi connectivity index (χ1) is 15.5. The number of nitrogens with one attached hydrogen (secondary N) is 1. The van der Waals surface area contributed by atoms with Gasteiger partial charge in [-0.3, -0.25) is 4.79 Å². The molecule has 1 heterocycles. The molecule has 0 aliphatic rings. The fourth-order valence-electron chi connectivity index (χ4n) is 2.45. The summed E-state index contributed by atoms with van der Waals surface area (Å²) in [6.07, 6.45) is 3.03. The van der Waals surface area contributed by atoms with Crippen molar-refractivity contribution in [3.05, 3.63) is 64.9 Å². The summed E-state index contributed by atoms with van der Waals surface area (Å²) < 4.78 is 12.8. The minimum atomic E-state index is -0.531. The van der Waals surface area contributed by atoms with Gasteiger partial charge in [0.2, 0.25) is 0 Å². The van der Waals surface area contributed by atoms with Gasteiger partial charge in [0.05, 0.1) is 24.1 Å². The van der Waals surface area contributed by atoms with E-state index in [-0.39, 0.29) is 17.4 Å². The number of hydrogen-bond donors (Lipinski definition) is 1. The summed E-state index contributed by atoms with van der Waals surface area (Å²) in [4.78, 5) is 24.3. The van der Waals surface area contributed by atoms with Crippen molar-refractivity contribution in [1.82, 2.24) is 20.2 Å². The van der Waals surface area contributed by atoms with Crippen molar-refractivity contribution >= 4 is 41.5 Å². The van der Waals surface area contributed by atoms with Crippen LogP contribution in [0.4, 0.5) is 0 Å². The summed E-state index contributed by atoms with van der Waals surface area (Å²) in [5, 5.41) is 12.8. The van der Waals surface area contributed by atoms with Gasteiger partial charge >= 0.3 is 5.97 Å². The molecule has 3 aromatic rings. The highest BCUT2D eigenvalue weighted by Crippen LogP contribution is 2.29. The van der Waals surface area contributed by atoms with E-state index in [1.807, 2.05) is 6.92 Å². The second-order valence-corrected chi connectivity index (χ2v) is 7.72. The van der Waals surface area contributed by atoms with Crippen molar-refractivity contribution < 1.29 is 19.1 Å². The van der Waals surface area contributed by atoms with Crippen LogP contribution in [0.5, 0.6) is 11.5 Å². The SMILES string of the molecule is CCOc1cc(/C=N\NC(=O)CSc2nncn2C)ccc1OC(=O)c1ccc(Cl)cc1. The van der Waals surface area contributed by atoms with Gasteiger partial charge in [0.1, 0.15) is 6.33 Å². The molecular weight excluding hydrogens is 454 g/mol. The van der Waals surface area contributed by atoms with Gasteiger partial charge in [0, 0.05) is 12.1 Å². The highest BCUT2D eigenvalue weighted by Gasteiger charge is 2.13. The molecule has 1 aromatic heterocycles. The third-order valence-corrected chi connectivity index (χ3v) is 5.24. The smallest absolute Gasteiger partial charge is 0.343 e. The molecule has 0 radical (unpaired) electrons. The van der Waals surface area contributed by atoms with E-state index >= 15 is 0 Å². The van der Waals surface area contributed by atoms with E-state index in [1.165, 1.54) is 18.0 Å². The van der Waals surface area contributed by atoms with E-state index in [0.29, 0.717) is 33.7 Å². The number of hydrazone groups is 1. The number of aryl methyl sites for hydroxylation is 1. The fourth-order valence-corrected chi connectivity index (χ4v) is 3.25. The number of carbonyl (C=O) groups excluding carboxylic acids is 2. The maximum atomic E-state index is 12.4. The van der Waals surface area contributed by atoms with Gasteiger partial charge in [0.15, 0.2) is 16.7 Å². The second kappa shape index (κ2) is 11.3. The lowest BCUT2D eigenvalue weighted by Gasteiger charge is -2.11. The zero-order valence-electron chi connectivity index (χ0n) is 17.3. The molecule has 9 nitrogen and oxygen atoms in total. The Morgan fingerprint density at radius 1 is 1.22 bits per heavy atom. The van der Waals surface area contributed by atoms with E-state index < -0.39 is 5.97 Å². The van der Waals surface area contributed by atoms with Crippen molar-refractivity contribution in [3.63, 3.8) is 0 Å². The maximum absolute atomic E-state index is 12.4. The minimum absolute atomic E-state index is 0.146. The lowest BCUT2D eigenvalue weighted by molar-refractivity contribution is -0.118. The summed E-state index contributed by atoms with van der Waals surface area (Å²) in [5.74, 6) is -0.0197. The van der Waals surface area contributed by atoms with Crippen LogP contribution in [-0.2, 0) is 11.8 Å². The molecule has 0 unspecified atom stereocenters. The van der Waals surface area contributed by atoms with E-state index in [4.69, 9.17) is 21.1 Å². The van der Waals surface area contributed by atoms with Crippen LogP contribution in [0.2, 0.25) is 5.02 Å². The first kappa shape index (κ1) is 23.3. The predicted octanol–water partition coefficient (Wildman–Crippen LogP) is 3.33. The van der Waals surface area contributed by atoms with Crippen molar-refractivity contribution in [2.24, 2.45) is 12.1 Å². The Morgan fingerprint density at radius 3 is 2.69 bits per heavy atom. The molecule has 1 amide bonds. The monoisotopic (exact) mass is 473 g/mol. The molecule has 0 fully saturated rings. The van der Waals surface area contributed by atoms with Gasteiger partial charge < -0.3 is 14.0 Å². The lowest BCUT2D eigenvalue weighted by Crippen LogP contribution is -2.19. The number of esters is 1.